The molecule has 0 aliphatic heterocycles. The fraction of sp³-hybridized carbons (Fsp3) is 0. The summed E-state index contributed by atoms with van der Waals surface area (Å²) in [5, 5.41) is 0. The predicted molar refractivity (Wildman–Crippen MR) is 40.7 cm³/mol. The Kier molecular flexibility index (Phi) is 27.2. The van der Waals surface area contributed by atoms with Crippen LogP contribution in [-0.2, 0) is 7.37 Å². The van der Waals surface area contributed by atoms with Crippen LogP contribution in [0.5, 0.6) is 0 Å². The summed E-state index contributed by atoms with van der Waals surface area (Å²) in [6.45, 7) is 0. The molecule has 0 aliphatic rings. The van der Waals surface area contributed by atoms with Crippen LogP contribution in [0.15, 0.2) is 0 Å². The summed E-state index contributed by atoms with van der Waals surface area (Å²) in [5.41, 5.74) is 0. The topological polar surface area (TPSA) is 66.8 Å². The summed E-state index contributed by atoms with van der Waals surface area (Å²) in [4.78, 5) is 15.5. The Balaban J connectivity index is -0.00000000833. The van der Waals surface area contributed by atoms with Crippen molar-refractivity contribution in [3.8, 4) is 0 Å². The molecule has 0 aromatic carbocycles. The first-order valence-electron chi connectivity index (χ1n) is 1.00. The van der Waals surface area contributed by atoms with Crippen molar-refractivity contribution in [2.24, 2.45) is 0 Å². The van der Waals surface area contributed by atoms with Gasteiger partial charge in [0.25, 0.3) is 0 Å². The zero-order valence-electron chi connectivity index (χ0n) is 7.44. The Morgan fingerprint density at radius 3 is 1.67 bits per heavy atom. The number of rotatable bonds is 1. The normalized spacial score (nSPS) is 7.89. The van der Waals surface area contributed by atoms with Crippen LogP contribution in [0.1, 0.15) is 4.28 Å². The molecule has 0 aromatic heterocycles. The second-order valence-electron chi connectivity index (χ2n) is 0.596. The van der Waals surface area contributed by atoms with Gasteiger partial charge in [-0.1, -0.05) is 0 Å². The van der Waals surface area contributed by atoms with Crippen LogP contribution in [0.4, 0.5) is 0 Å². The summed E-state index contributed by atoms with van der Waals surface area (Å²) in [6, 6.07) is 0. The van der Waals surface area contributed by atoms with Gasteiger partial charge in [0.15, 0.2) is 17.4 Å². The molecule has 0 radical (unpaired) electrons. The van der Waals surface area contributed by atoms with Gasteiger partial charge in [0, 0.05) is 0 Å². The Labute approximate surface area is 111 Å². The van der Waals surface area contributed by atoms with Gasteiger partial charge in [-0.15, -0.1) is 0 Å². The van der Waals surface area contributed by atoms with Crippen molar-refractivity contribution in [1.82, 2.24) is 0 Å². The fourth-order valence-electron chi connectivity index (χ4n) is 0. The van der Waals surface area contributed by atoms with Crippen molar-refractivity contribution in [3.05, 3.63) is 0 Å². The van der Waals surface area contributed by atoms with Gasteiger partial charge < -0.3 is 4.28 Å². The third kappa shape index (κ3) is 24.8. The van der Waals surface area contributed by atoms with E-state index in [0.29, 0.717) is 0 Å². The van der Waals surface area contributed by atoms with Crippen LogP contribution in [0.25, 0.3) is 0 Å². The van der Waals surface area contributed by atoms with Gasteiger partial charge >= 0.3 is 90.3 Å². The van der Waals surface area contributed by atoms with Gasteiger partial charge in [-0.2, -0.15) is 0 Å². The number of hydrogen-bond acceptors (Lipinski definition) is 2. The molecular weight excluding hydrogens is 275 g/mol. The van der Waals surface area contributed by atoms with Crippen molar-refractivity contribution < 1.29 is 40.3 Å². The number of hydrogen-bond donors (Lipinski definition) is 2. The molecule has 0 fully saturated rings. The van der Waals surface area contributed by atoms with E-state index in [0.717, 1.165) is 0 Å². The molecule has 9 heteroatoms. The van der Waals surface area contributed by atoms with E-state index in [2.05, 4.69) is 2.80 Å². The second kappa shape index (κ2) is 10.8. The predicted octanol–water partition coefficient (Wildman–Crippen LogP) is -5.58. The third-order valence-electron chi connectivity index (χ3n) is 0.137. The third-order valence-corrected chi connectivity index (χ3v) is 2.76. The van der Waals surface area contributed by atoms with Gasteiger partial charge in [0.1, 0.15) is 0 Å². The Morgan fingerprint density at radius 1 is 1.56 bits per heavy atom. The van der Waals surface area contributed by atoms with Crippen LogP contribution in [0, 0.1) is 0 Å². The molecule has 0 aliphatic carbocycles. The van der Waals surface area contributed by atoms with E-state index in [1.54, 1.807) is 0 Å². The van der Waals surface area contributed by atoms with E-state index in [9.17, 15) is 4.57 Å². The van der Waals surface area contributed by atoms with Crippen molar-refractivity contribution in [3.63, 3.8) is 0 Å². The molecule has 0 heterocycles. The maximum Gasteiger partial charge on any atom is 2.00 e. The van der Waals surface area contributed by atoms with Crippen molar-refractivity contribution >= 4 is 71.7 Å². The van der Waals surface area contributed by atoms with Gasteiger partial charge in [0.05, 0.1) is 0 Å². The van der Waals surface area contributed by atoms with E-state index in [-0.39, 0.29) is 87.0 Å². The van der Waals surface area contributed by atoms with Crippen LogP contribution in [-0.4, -0.2) is 73.6 Å². The number of phosphoric acid groups is 1. The van der Waals surface area contributed by atoms with E-state index >= 15 is 0 Å². The Bertz CT molecular complexity index is 94.4. The minimum absolute atomic E-state index is 0. The smallest absolute Gasteiger partial charge is 1.00 e. The molecule has 0 atom stereocenters. The van der Waals surface area contributed by atoms with Gasteiger partial charge in [0.2, 0.25) is 0 Å². The summed E-state index contributed by atoms with van der Waals surface area (Å²) < 4.78 is 13.2. The summed E-state index contributed by atoms with van der Waals surface area (Å²) in [6.07, 6.45) is 0. The molecule has 0 unspecified atom stereocenters. The first-order chi connectivity index (χ1) is 2.56. The quantitative estimate of drug-likeness (QED) is 0.372. The standard InChI is InChI=1S/Al.Li.Mg.H3O4P.Sb.8H/c;;;1-5(2,3)4;;;;;;;;;/h;;;(H3,1,2,3,4);;;;;;;;;/q;+1;+2;;+1;;;;;;3*-1/p-1. The maximum absolute atomic E-state index is 9.50. The van der Waals surface area contributed by atoms with Crippen molar-refractivity contribution in [2.75, 3.05) is 0 Å². The van der Waals surface area contributed by atoms with E-state index in [1.165, 1.54) is 0 Å². The monoisotopic (exact) mass is 284 g/mol. The van der Waals surface area contributed by atoms with Crippen LogP contribution in [0.2, 0.25) is 0 Å². The first kappa shape index (κ1) is 22.6. The molecule has 0 saturated heterocycles. The van der Waals surface area contributed by atoms with Gasteiger partial charge in [-0.25, -0.2) is 0 Å². The molecule has 0 aromatic rings. The van der Waals surface area contributed by atoms with Crippen molar-refractivity contribution in [1.29, 1.82) is 0 Å². The average Bonchev–Trinajstić information content (AvgIpc) is 1.35. The van der Waals surface area contributed by atoms with Gasteiger partial charge in [-0.05, 0) is 0 Å². The molecule has 0 rings (SSSR count). The first-order valence-corrected chi connectivity index (χ1v) is 3.88. The maximum atomic E-state index is 9.50. The fourth-order valence-corrected chi connectivity index (χ4v) is 0. The molecule has 0 saturated carbocycles. The van der Waals surface area contributed by atoms with E-state index < -0.39 is 7.82 Å². The molecule has 0 amide bonds. The molecule has 0 spiro atoms. The molecular formula is H10AlLiMgO4PSb. The van der Waals surface area contributed by atoms with E-state index in [4.69, 9.17) is 9.79 Å². The Morgan fingerprint density at radius 2 is 1.67 bits per heavy atom. The summed E-state index contributed by atoms with van der Waals surface area (Å²) >= 11 is 0.140. The van der Waals surface area contributed by atoms with Crippen molar-refractivity contribution in [2.45, 2.75) is 0 Å². The summed E-state index contributed by atoms with van der Waals surface area (Å²) in [5.74, 6) is 0. The summed E-state index contributed by atoms with van der Waals surface area (Å²) in [7, 11) is -4.09. The van der Waals surface area contributed by atoms with Crippen LogP contribution in [0.3, 0.4) is 0 Å². The molecule has 4 nitrogen and oxygen atoms in total. The van der Waals surface area contributed by atoms with Crippen LogP contribution >= 0.6 is 7.82 Å². The molecule has 50 valence electrons. The molecule has 9 heavy (non-hydrogen) atoms. The minimum Gasteiger partial charge on any atom is -1.00 e. The second-order valence-corrected chi connectivity index (χ2v) is 3.59. The molecule has 2 N–H and O–H groups in total. The molecule has 0 bridgehead atoms. The van der Waals surface area contributed by atoms with Crippen LogP contribution < -0.4 is 18.9 Å². The van der Waals surface area contributed by atoms with E-state index in [1.807, 2.05) is 0 Å². The Hall–Kier alpha value is 2.82. The zero-order chi connectivity index (χ0) is 5.21. The zero-order valence-corrected chi connectivity index (χ0v) is 10.0. The minimum atomic E-state index is -4.09. The van der Waals surface area contributed by atoms with Gasteiger partial charge in [-0.3, -0.25) is 0 Å². The average molecular weight is 285 g/mol. The largest absolute Gasteiger partial charge is 2.00 e. The SMILES string of the molecule is O=P(O)(O)[O][SbH2].[AlH3].[H-].[H-].[H-].[Li+].[Mg+2].